The minimum Gasteiger partial charge on any atom is -0.462 e. The molecule has 328 valence electrons. The summed E-state index contributed by atoms with van der Waals surface area (Å²) in [4.78, 5) is 25.3. The fourth-order valence-corrected chi connectivity index (χ4v) is 7.24. The second kappa shape index (κ2) is 34.0. The monoisotopic (exact) mass is 819 g/mol. The largest absolute Gasteiger partial charge is 0.462 e. The van der Waals surface area contributed by atoms with Gasteiger partial charge in [-0.25, -0.2) is 0 Å². The zero-order valence-electron chi connectivity index (χ0n) is 34.7. The Labute approximate surface area is 338 Å². The standard InChI is InChI=1S/C43H78O12S/c1-3-5-7-9-11-13-15-17-19-21-23-25-27-29-31-38(44)52-33-36(34-53-43-42(48)41(47)40(46)37(55-43)35-56(49,50)51)54-39(45)32-30-28-26-24-22-20-18-16-14-12-10-8-6-4-2/h15-18,36-37,40-43,46-48H,3-14,19-35H2,1-2H3,(H,49,50,51)/b17-15-,18-16-. The zero-order chi connectivity index (χ0) is 41.3. The van der Waals surface area contributed by atoms with Crippen LogP contribution in [0.4, 0.5) is 0 Å². The molecule has 0 saturated carbocycles. The number of hydrogen-bond acceptors (Lipinski definition) is 11. The average molecular weight is 819 g/mol. The van der Waals surface area contributed by atoms with Crippen LogP contribution >= 0.6 is 0 Å². The number of unbranched alkanes of at least 4 members (excludes halogenated alkanes) is 20. The first-order valence-electron chi connectivity index (χ1n) is 21.9. The van der Waals surface area contributed by atoms with Crippen molar-refractivity contribution in [1.29, 1.82) is 0 Å². The summed E-state index contributed by atoms with van der Waals surface area (Å²) in [7, 11) is -4.60. The van der Waals surface area contributed by atoms with Crippen molar-refractivity contribution < 1.29 is 56.8 Å². The quantitative estimate of drug-likeness (QED) is 0.0205. The first-order valence-corrected chi connectivity index (χ1v) is 23.5. The second-order valence-electron chi connectivity index (χ2n) is 15.4. The van der Waals surface area contributed by atoms with Crippen LogP contribution in [0.5, 0.6) is 0 Å². The van der Waals surface area contributed by atoms with E-state index in [1.165, 1.54) is 64.2 Å². The molecule has 1 aliphatic heterocycles. The van der Waals surface area contributed by atoms with Crippen LogP contribution in [0.2, 0.25) is 0 Å². The van der Waals surface area contributed by atoms with Gasteiger partial charge in [-0.15, -0.1) is 0 Å². The number of hydrogen-bond donors (Lipinski definition) is 4. The predicted octanol–water partition coefficient (Wildman–Crippen LogP) is 8.45. The molecule has 0 aromatic carbocycles. The van der Waals surface area contributed by atoms with Crippen LogP contribution in [0.1, 0.15) is 181 Å². The summed E-state index contributed by atoms with van der Waals surface area (Å²) in [6.45, 7) is 3.72. The maximum Gasteiger partial charge on any atom is 0.306 e. The van der Waals surface area contributed by atoms with E-state index in [1.807, 2.05) is 0 Å². The molecule has 0 aromatic rings. The molecule has 1 saturated heterocycles. The van der Waals surface area contributed by atoms with Gasteiger partial charge < -0.3 is 34.3 Å². The fourth-order valence-electron chi connectivity index (χ4n) is 6.55. The summed E-state index contributed by atoms with van der Waals surface area (Å²) in [5, 5.41) is 30.8. The average Bonchev–Trinajstić information content (AvgIpc) is 3.16. The molecule has 0 aromatic heterocycles. The highest BCUT2D eigenvalue weighted by atomic mass is 32.2. The van der Waals surface area contributed by atoms with Gasteiger partial charge in [-0.2, -0.15) is 8.42 Å². The van der Waals surface area contributed by atoms with Gasteiger partial charge in [0.25, 0.3) is 10.1 Å². The Kier molecular flexibility index (Phi) is 31.7. The number of esters is 2. The van der Waals surface area contributed by atoms with Crippen LogP contribution in [0.25, 0.3) is 0 Å². The SMILES string of the molecule is CCCCCCC/C=C\CCCCCCCC(=O)OCC(COC1OC(CS(=O)(=O)O)C(O)C(O)C1O)OC(=O)CCCCCCC/C=C\CCCCCCC. The Morgan fingerprint density at radius 2 is 1.02 bits per heavy atom. The second-order valence-corrected chi connectivity index (χ2v) is 16.9. The number of ether oxygens (including phenoxy) is 4. The van der Waals surface area contributed by atoms with Gasteiger partial charge in [0, 0.05) is 12.8 Å². The molecule has 12 nitrogen and oxygen atoms in total. The highest BCUT2D eigenvalue weighted by molar-refractivity contribution is 7.85. The van der Waals surface area contributed by atoms with Crippen LogP contribution in [-0.4, -0.2) is 96.0 Å². The number of allylic oxidation sites excluding steroid dienone is 4. The molecule has 6 atom stereocenters. The molecule has 0 bridgehead atoms. The van der Waals surface area contributed by atoms with Crippen molar-refractivity contribution in [2.45, 2.75) is 218 Å². The van der Waals surface area contributed by atoms with E-state index < -0.39 is 71.2 Å². The number of carbonyl (C=O) groups excluding carboxylic acids is 2. The van der Waals surface area contributed by atoms with Gasteiger partial charge in [0.2, 0.25) is 0 Å². The maximum absolute atomic E-state index is 12.8. The Morgan fingerprint density at radius 1 is 0.589 bits per heavy atom. The van der Waals surface area contributed by atoms with E-state index in [-0.39, 0.29) is 19.4 Å². The van der Waals surface area contributed by atoms with Gasteiger partial charge in [-0.05, 0) is 64.2 Å². The number of carbonyl (C=O) groups is 2. The van der Waals surface area contributed by atoms with E-state index in [4.69, 9.17) is 18.9 Å². The molecule has 1 heterocycles. The Morgan fingerprint density at radius 3 is 1.48 bits per heavy atom. The topological polar surface area (TPSA) is 186 Å². The van der Waals surface area contributed by atoms with Gasteiger partial charge in [0.15, 0.2) is 12.4 Å². The highest BCUT2D eigenvalue weighted by Gasteiger charge is 2.46. The van der Waals surface area contributed by atoms with Crippen molar-refractivity contribution in [2.24, 2.45) is 0 Å². The minimum atomic E-state index is -4.60. The third-order valence-corrected chi connectivity index (χ3v) is 10.8. The van der Waals surface area contributed by atoms with E-state index in [0.29, 0.717) is 12.8 Å². The normalized spacial score (nSPS) is 20.9. The molecular weight excluding hydrogens is 741 g/mol. The van der Waals surface area contributed by atoms with Crippen LogP contribution in [0.3, 0.4) is 0 Å². The van der Waals surface area contributed by atoms with Crippen molar-refractivity contribution in [3.05, 3.63) is 24.3 Å². The lowest BCUT2D eigenvalue weighted by Crippen LogP contribution is -2.60. The smallest absolute Gasteiger partial charge is 0.306 e. The Bertz CT molecular complexity index is 1140. The Hall–Kier alpha value is -1.87. The van der Waals surface area contributed by atoms with E-state index in [1.54, 1.807) is 0 Å². The van der Waals surface area contributed by atoms with Crippen LogP contribution < -0.4 is 0 Å². The van der Waals surface area contributed by atoms with Crippen molar-refractivity contribution >= 4 is 22.1 Å². The van der Waals surface area contributed by atoms with Crippen molar-refractivity contribution in [2.75, 3.05) is 19.0 Å². The molecule has 1 aliphatic rings. The van der Waals surface area contributed by atoms with E-state index in [2.05, 4.69) is 38.2 Å². The lowest BCUT2D eigenvalue weighted by Gasteiger charge is -2.40. The summed E-state index contributed by atoms with van der Waals surface area (Å²) in [5.74, 6) is -2.00. The Balaban J connectivity index is 2.48. The summed E-state index contributed by atoms with van der Waals surface area (Å²) < 4.78 is 54.0. The molecule has 0 aliphatic carbocycles. The third kappa shape index (κ3) is 28.5. The molecule has 0 radical (unpaired) electrons. The number of aliphatic hydroxyl groups is 3. The molecule has 13 heteroatoms. The van der Waals surface area contributed by atoms with Gasteiger partial charge in [-0.3, -0.25) is 14.1 Å². The minimum absolute atomic E-state index is 0.154. The lowest BCUT2D eigenvalue weighted by atomic mass is 10.00. The van der Waals surface area contributed by atoms with E-state index in [0.717, 1.165) is 77.0 Å². The summed E-state index contributed by atoms with van der Waals surface area (Å²) in [6, 6.07) is 0. The van der Waals surface area contributed by atoms with Gasteiger partial charge in [0.1, 0.15) is 36.8 Å². The van der Waals surface area contributed by atoms with E-state index in [9.17, 15) is 37.9 Å². The molecule has 56 heavy (non-hydrogen) atoms. The maximum atomic E-state index is 12.8. The van der Waals surface area contributed by atoms with Crippen LogP contribution in [0, 0.1) is 0 Å². The molecule has 6 unspecified atom stereocenters. The van der Waals surface area contributed by atoms with Gasteiger partial charge in [0.05, 0.1) is 6.61 Å². The molecule has 0 amide bonds. The first-order chi connectivity index (χ1) is 27.0. The van der Waals surface area contributed by atoms with Crippen LogP contribution in [0.15, 0.2) is 24.3 Å². The van der Waals surface area contributed by atoms with E-state index >= 15 is 0 Å². The molecule has 0 spiro atoms. The fraction of sp³-hybridized carbons (Fsp3) is 0.860. The number of rotatable bonds is 36. The van der Waals surface area contributed by atoms with Crippen molar-refractivity contribution in [3.8, 4) is 0 Å². The van der Waals surface area contributed by atoms with Crippen molar-refractivity contribution in [1.82, 2.24) is 0 Å². The first kappa shape index (κ1) is 52.1. The predicted molar refractivity (Wildman–Crippen MR) is 220 cm³/mol. The summed E-state index contributed by atoms with van der Waals surface area (Å²) in [5.41, 5.74) is 0. The molecule has 4 N–H and O–H groups in total. The van der Waals surface area contributed by atoms with Gasteiger partial charge in [-0.1, -0.05) is 128 Å². The summed E-state index contributed by atoms with van der Waals surface area (Å²) >= 11 is 0. The zero-order valence-corrected chi connectivity index (χ0v) is 35.6. The van der Waals surface area contributed by atoms with Crippen LogP contribution in [-0.2, 0) is 38.7 Å². The number of aliphatic hydroxyl groups excluding tert-OH is 3. The molecule has 1 fully saturated rings. The molecular formula is C43H78O12S. The lowest BCUT2D eigenvalue weighted by molar-refractivity contribution is -0.297. The van der Waals surface area contributed by atoms with Crippen molar-refractivity contribution in [3.63, 3.8) is 0 Å². The summed E-state index contributed by atoms with van der Waals surface area (Å²) in [6.07, 6.45) is 26.5. The third-order valence-electron chi connectivity index (χ3n) is 10.0. The highest BCUT2D eigenvalue weighted by Crippen LogP contribution is 2.24. The van der Waals surface area contributed by atoms with Gasteiger partial charge >= 0.3 is 11.9 Å². The molecule has 1 rings (SSSR count).